The van der Waals surface area contributed by atoms with Crippen LogP contribution >= 0.6 is 0 Å². The summed E-state index contributed by atoms with van der Waals surface area (Å²) in [5.74, 6) is -1.77. The molecule has 3 heteroatoms. The lowest BCUT2D eigenvalue weighted by Crippen LogP contribution is -2.45. The molecular weight excluding hydrogens is 256 g/mol. The molecule has 0 radical (unpaired) electrons. The van der Waals surface area contributed by atoms with Gasteiger partial charge in [0.15, 0.2) is 0 Å². The van der Waals surface area contributed by atoms with E-state index in [1.54, 1.807) is 0 Å². The van der Waals surface area contributed by atoms with Crippen LogP contribution in [0.15, 0.2) is 30.3 Å². The minimum absolute atomic E-state index is 0.0756. The Morgan fingerprint density at radius 3 is 2.65 bits per heavy atom. The van der Waals surface area contributed by atoms with E-state index in [1.807, 2.05) is 6.07 Å². The first-order valence-electron chi connectivity index (χ1n) is 7.80. The SMILES string of the molecule is FC1(F)CCC[C@H]([C@@H]2CC(c3ccccc3)CCN2)C1. The van der Waals surface area contributed by atoms with Crippen molar-refractivity contribution in [2.45, 2.75) is 56.4 Å². The maximum Gasteiger partial charge on any atom is 0.248 e. The van der Waals surface area contributed by atoms with E-state index in [4.69, 9.17) is 0 Å². The molecule has 1 aliphatic carbocycles. The molecule has 2 aliphatic rings. The van der Waals surface area contributed by atoms with Gasteiger partial charge in [0.2, 0.25) is 5.92 Å². The molecule has 1 N–H and O–H groups in total. The third-order valence-corrected chi connectivity index (χ3v) is 4.96. The topological polar surface area (TPSA) is 12.0 Å². The Labute approximate surface area is 119 Å². The van der Waals surface area contributed by atoms with Crippen molar-refractivity contribution in [1.82, 2.24) is 5.32 Å². The zero-order valence-corrected chi connectivity index (χ0v) is 11.8. The van der Waals surface area contributed by atoms with Gasteiger partial charge in [0.1, 0.15) is 0 Å². The van der Waals surface area contributed by atoms with E-state index in [2.05, 4.69) is 29.6 Å². The zero-order chi connectivity index (χ0) is 14.0. The van der Waals surface area contributed by atoms with Crippen molar-refractivity contribution in [2.24, 2.45) is 5.92 Å². The molecule has 2 fully saturated rings. The molecule has 1 heterocycles. The van der Waals surface area contributed by atoms with Gasteiger partial charge in [0, 0.05) is 18.9 Å². The first kappa shape index (κ1) is 14.0. The van der Waals surface area contributed by atoms with Crippen LogP contribution in [-0.2, 0) is 0 Å². The minimum Gasteiger partial charge on any atom is -0.314 e. The smallest absolute Gasteiger partial charge is 0.248 e. The average Bonchev–Trinajstić information content (AvgIpc) is 2.47. The molecule has 1 aromatic carbocycles. The van der Waals surface area contributed by atoms with Gasteiger partial charge in [0.25, 0.3) is 0 Å². The third-order valence-electron chi connectivity index (χ3n) is 4.96. The Hall–Kier alpha value is -0.960. The van der Waals surface area contributed by atoms with Gasteiger partial charge in [-0.25, -0.2) is 8.78 Å². The largest absolute Gasteiger partial charge is 0.314 e. The van der Waals surface area contributed by atoms with Crippen LogP contribution in [0, 0.1) is 5.92 Å². The summed E-state index contributed by atoms with van der Waals surface area (Å²) in [5.41, 5.74) is 1.36. The second-order valence-corrected chi connectivity index (χ2v) is 6.40. The molecule has 110 valence electrons. The molecule has 1 saturated heterocycles. The number of benzene rings is 1. The highest BCUT2D eigenvalue weighted by molar-refractivity contribution is 5.20. The highest BCUT2D eigenvalue weighted by atomic mass is 19.3. The number of halogens is 2. The summed E-state index contributed by atoms with van der Waals surface area (Å²) < 4.78 is 27.2. The molecule has 20 heavy (non-hydrogen) atoms. The molecule has 1 unspecified atom stereocenters. The fraction of sp³-hybridized carbons (Fsp3) is 0.647. The Bertz CT molecular complexity index is 432. The van der Waals surface area contributed by atoms with Crippen molar-refractivity contribution in [2.75, 3.05) is 6.54 Å². The molecule has 0 aromatic heterocycles. The molecule has 3 atom stereocenters. The van der Waals surface area contributed by atoms with E-state index in [-0.39, 0.29) is 24.8 Å². The average molecular weight is 279 g/mol. The van der Waals surface area contributed by atoms with E-state index >= 15 is 0 Å². The van der Waals surface area contributed by atoms with Crippen LogP contribution in [0.25, 0.3) is 0 Å². The van der Waals surface area contributed by atoms with Crippen LogP contribution in [0.4, 0.5) is 8.78 Å². The highest BCUT2D eigenvalue weighted by Gasteiger charge is 2.40. The molecule has 0 spiro atoms. The van der Waals surface area contributed by atoms with Crippen LogP contribution in [0.5, 0.6) is 0 Å². The second-order valence-electron chi connectivity index (χ2n) is 6.40. The lowest BCUT2D eigenvalue weighted by Gasteiger charge is -2.39. The normalized spacial score (nSPS) is 33.8. The summed E-state index contributed by atoms with van der Waals surface area (Å²) in [6.07, 6.45) is 3.90. The van der Waals surface area contributed by atoms with Gasteiger partial charge in [-0.15, -0.1) is 0 Å². The summed E-state index contributed by atoms with van der Waals surface area (Å²) in [4.78, 5) is 0. The Kier molecular flexibility index (Phi) is 4.06. The van der Waals surface area contributed by atoms with Crippen LogP contribution in [0.3, 0.4) is 0 Å². The summed E-state index contributed by atoms with van der Waals surface area (Å²) in [5, 5.41) is 3.49. The van der Waals surface area contributed by atoms with Gasteiger partial charge < -0.3 is 5.32 Å². The van der Waals surface area contributed by atoms with Crippen LogP contribution in [-0.4, -0.2) is 18.5 Å². The summed E-state index contributed by atoms with van der Waals surface area (Å²) in [7, 11) is 0. The van der Waals surface area contributed by atoms with Gasteiger partial charge in [-0.05, 0) is 49.6 Å². The second kappa shape index (κ2) is 5.80. The van der Waals surface area contributed by atoms with Crippen molar-refractivity contribution < 1.29 is 8.78 Å². The standard InChI is InChI=1S/C17H23F2N/c18-17(19)9-4-7-15(12-17)16-11-14(8-10-20-16)13-5-2-1-3-6-13/h1-3,5-6,14-16,20H,4,7-12H2/t14?,15-,16-/m0/s1. The molecular formula is C17H23F2N. The van der Waals surface area contributed by atoms with Crippen molar-refractivity contribution in [3.05, 3.63) is 35.9 Å². The zero-order valence-electron chi connectivity index (χ0n) is 11.8. The van der Waals surface area contributed by atoms with E-state index in [0.29, 0.717) is 12.3 Å². The van der Waals surface area contributed by atoms with Gasteiger partial charge in [0.05, 0.1) is 0 Å². The van der Waals surface area contributed by atoms with E-state index in [1.165, 1.54) is 5.56 Å². The Morgan fingerprint density at radius 2 is 1.90 bits per heavy atom. The van der Waals surface area contributed by atoms with Gasteiger partial charge >= 0.3 is 0 Å². The Balaban J connectivity index is 1.66. The number of alkyl halides is 2. The summed E-state index contributed by atoms with van der Waals surface area (Å²) in [6.45, 7) is 0.951. The number of piperidine rings is 1. The van der Waals surface area contributed by atoms with Crippen LogP contribution in [0.2, 0.25) is 0 Å². The first-order chi connectivity index (χ1) is 9.64. The van der Waals surface area contributed by atoms with Crippen LogP contribution < -0.4 is 5.32 Å². The van der Waals surface area contributed by atoms with Crippen molar-refractivity contribution in [3.63, 3.8) is 0 Å². The summed E-state index contributed by atoms with van der Waals surface area (Å²) >= 11 is 0. The quantitative estimate of drug-likeness (QED) is 0.848. The predicted molar refractivity (Wildman–Crippen MR) is 77.1 cm³/mol. The molecule has 3 rings (SSSR count). The Morgan fingerprint density at radius 1 is 1.10 bits per heavy atom. The predicted octanol–water partition coefficient (Wildman–Crippen LogP) is 4.35. The molecule has 1 aromatic rings. The molecule has 0 bridgehead atoms. The maximum absolute atomic E-state index is 13.6. The molecule has 1 nitrogen and oxygen atoms in total. The lowest BCUT2D eigenvalue weighted by atomic mass is 9.75. The van der Waals surface area contributed by atoms with Gasteiger partial charge in [-0.3, -0.25) is 0 Å². The van der Waals surface area contributed by atoms with Gasteiger partial charge in [-0.2, -0.15) is 0 Å². The van der Waals surface area contributed by atoms with Gasteiger partial charge in [-0.1, -0.05) is 30.3 Å². The third kappa shape index (κ3) is 3.20. The van der Waals surface area contributed by atoms with E-state index in [9.17, 15) is 8.78 Å². The lowest BCUT2D eigenvalue weighted by molar-refractivity contribution is -0.0598. The van der Waals surface area contributed by atoms with Crippen LogP contribution in [0.1, 0.15) is 50.0 Å². The van der Waals surface area contributed by atoms with Crippen molar-refractivity contribution in [3.8, 4) is 0 Å². The van der Waals surface area contributed by atoms with Crippen molar-refractivity contribution in [1.29, 1.82) is 0 Å². The number of hydrogen-bond donors (Lipinski definition) is 1. The van der Waals surface area contributed by atoms with E-state index < -0.39 is 5.92 Å². The minimum atomic E-state index is -2.44. The molecule has 1 aliphatic heterocycles. The monoisotopic (exact) mass is 279 g/mol. The van der Waals surface area contributed by atoms with Crippen molar-refractivity contribution >= 4 is 0 Å². The summed E-state index contributed by atoms with van der Waals surface area (Å²) in [6, 6.07) is 10.8. The first-order valence-corrected chi connectivity index (χ1v) is 7.80. The van der Waals surface area contributed by atoms with E-state index in [0.717, 1.165) is 25.8 Å². The number of nitrogens with one attached hydrogen (secondary N) is 1. The maximum atomic E-state index is 13.6. The fourth-order valence-electron chi connectivity index (χ4n) is 3.89. The highest BCUT2D eigenvalue weighted by Crippen LogP contribution is 2.41. The number of hydrogen-bond acceptors (Lipinski definition) is 1. The molecule has 1 saturated carbocycles. The fourth-order valence-corrected chi connectivity index (χ4v) is 3.89. The molecule has 0 amide bonds. The number of rotatable bonds is 2.